The number of nitrogens with zero attached hydrogens (tertiary/aromatic N) is 4. The van der Waals surface area contributed by atoms with Crippen LogP contribution in [0.3, 0.4) is 0 Å². The van der Waals surface area contributed by atoms with Crippen LogP contribution >= 0.6 is 0 Å². The monoisotopic (exact) mass is 344 g/mol. The molecule has 1 amide bonds. The van der Waals surface area contributed by atoms with Gasteiger partial charge in [0, 0.05) is 32.7 Å². The zero-order chi connectivity index (χ0) is 18.0. The first-order valence-electron chi connectivity index (χ1n) is 8.67. The number of carbonyl (C=O) groups is 1. The Balaban J connectivity index is 1.94. The summed E-state index contributed by atoms with van der Waals surface area (Å²) in [6, 6.07) is 0. The van der Waals surface area contributed by atoms with Gasteiger partial charge in [-0.15, -0.1) is 6.58 Å². The van der Waals surface area contributed by atoms with Gasteiger partial charge in [0.1, 0.15) is 17.5 Å². The molecule has 0 N–H and O–H groups in total. The third kappa shape index (κ3) is 3.24. The van der Waals surface area contributed by atoms with E-state index >= 15 is 0 Å². The van der Waals surface area contributed by atoms with Crippen LogP contribution < -0.4 is 5.56 Å². The smallest absolute Gasteiger partial charge is 0.265 e. The Morgan fingerprint density at radius 1 is 1.36 bits per heavy atom. The number of allylic oxidation sites excluding steroid dienone is 1. The van der Waals surface area contributed by atoms with E-state index < -0.39 is 0 Å². The number of furan rings is 1. The van der Waals surface area contributed by atoms with E-state index in [0.717, 1.165) is 26.1 Å². The minimum absolute atomic E-state index is 0.150. The van der Waals surface area contributed by atoms with E-state index in [2.05, 4.69) is 23.4 Å². The molecule has 0 bridgehead atoms. The summed E-state index contributed by atoms with van der Waals surface area (Å²) in [5.74, 6) is 0.291. The van der Waals surface area contributed by atoms with Crippen molar-refractivity contribution in [1.29, 1.82) is 0 Å². The largest absolute Gasteiger partial charge is 0.442 e. The van der Waals surface area contributed by atoms with Gasteiger partial charge in [-0.25, -0.2) is 4.98 Å². The van der Waals surface area contributed by atoms with Crippen molar-refractivity contribution in [2.75, 3.05) is 32.7 Å². The van der Waals surface area contributed by atoms with Crippen LogP contribution in [0.2, 0.25) is 0 Å². The summed E-state index contributed by atoms with van der Waals surface area (Å²) < 4.78 is 7.01. The third-order valence-electron chi connectivity index (χ3n) is 4.59. The van der Waals surface area contributed by atoms with Crippen LogP contribution in [-0.4, -0.2) is 58.0 Å². The molecule has 0 atom stereocenters. The second-order valence-electron chi connectivity index (χ2n) is 6.34. The van der Waals surface area contributed by atoms with Crippen molar-refractivity contribution in [1.82, 2.24) is 19.4 Å². The van der Waals surface area contributed by atoms with Crippen molar-refractivity contribution in [3.8, 4) is 0 Å². The van der Waals surface area contributed by atoms with E-state index in [-0.39, 0.29) is 22.6 Å². The van der Waals surface area contributed by atoms with E-state index in [1.54, 1.807) is 17.9 Å². The van der Waals surface area contributed by atoms with Gasteiger partial charge in [0.2, 0.25) is 5.71 Å². The Labute approximate surface area is 146 Å². The maximum absolute atomic E-state index is 13.0. The highest BCUT2D eigenvalue weighted by atomic mass is 16.3. The summed E-state index contributed by atoms with van der Waals surface area (Å²) in [7, 11) is 0. The SMILES string of the molecule is C=CCn1cnc2oc(C)c(C(=O)N3CCN(CCC)CC3)c2c1=O. The van der Waals surface area contributed by atoms with Gasteiger partial charge >= 0.3 is 0 Å². The molecule has 134 valence electrons. The van der Waals surface area contributed by atoms with Crippen molar-refractivity contribution in [2.45, 2.75) is 26.8 Å². The first-order valence-corrected chi connectivity index (χ1v) is 8.67. The highest BCUT2D eigenvalue weighted by Crippen LogP contribution is 2.23. The maximum atomic E-state index is 13.0. The molecule has 7 nitrogen and oxygen atoms in total. The Hall–Kier alpha value is -2.41. The number of carbonyl (C=O) groups excluding carboxylic acids is 1. The summed E-state index contributed by atoms with van der Waals surface area (Å²) >= 11 is 0. The van der Waals surface area contributed by atoms with Crippen molar-refractivity contribution >= 4 is 17.0 Å². The lowest BCUT2D eigenvalue weighted by molar-refractivity contribution is 0.0637. The molecule has 3 rings (SSSR count). The molecule has 25 heavy (non-hydrogen) atoms. The van der Waals surface area contributed by atoms with Gasteiger partial charge in [-0.2, -0.15) is 0 Å². The highest BCUT2D eigenvalue weighted by Gasteiger charge is 2.28. The van der Waals surface area contributed by atoms with E-state index in [1.807, 2.05) is 0 Å². The molecule has 0 aliphatic carbocycles. The lowest BCUT2D eigenvalue weighted by atomic mass is 10.1. The molecule has 3 heterocycles. The van der Waals surface area contributed by atoms with Crippen LogP contribution in [0.5, 0.6) is 0 Å². The highest BCUT2D eigenvalue weighted by molar-refractivity contribution is 6.06. The van der Waals surface area contributed by atoms with E-state index in [4.69, 9.17) is 4.42 Å². The van der Waals surface area contributed by atoms with Gasteiger partial charge in [0.25, 0.3) is 11.5 Å². The van der Waals surface area contributed by atoms with Crippen molar-refractivity contribution in [2.24, 2.45) is 0 Å². The number of fused-ring (bicyclic) bond motifs is 1. The number of hydrogen-bond donors (Lipinski definition) is 0. The molecule has 0 radical (unpaired) electrons. The van der Waals surface area contributed by atoms with Crippen LogP contribution in [0.4, 0.5) is 0 Å². The van der Waals surface area contributed by atoms with Gasteiger partial charge in [0.05, 0.1) is 5.56 Å². The normalized spacial score (nSPS) is 15.7. The molecule has 1 fully saturated rings. The number of aryl methyl sites for hydroxylation is 1. The van der Waals surface area contributed by atoms with E-state index in [0.29, 0.717) is 31.0 Å². The standard InChI is InChI=1S/C18H24N4O3/c1-4-6-20-8-10-21(11-9-20)17(23)14-13(3)25-16-15(14)18(24)22(7-5-2)12-19-16/h5,12H,2,4,6-11H2,1,3H3. The quantitative estimate of drug-likeness (QED) is 0.771. The molecule has 0 saturated carbocycles. The average Bonchev–Trinajstić information content (AvgIpc) is 2.95. The number of amides is 1. The zero-order valence-corrected chi connectivity index (χ0v) is 14.8. The van der Waals surface area contributed by atoms with Crippen molar-refractivity contribution in [3.05, 3.63) is 40.7 Å². The zero-order valence-electron chi connectivity index (χ0n) is 14.8. The summed E-state index contributed by atoms with van der Waals surface area (Å²) in [5.41, 5.74) is 0.292. The molecule has 0 unspecified atom stereocenters. The summed E-state index contributed by atoms with van der Waals surface area (Å²) in [6.45, 7) is 11.9. The van der Waals surface area contributed by atoms with Gasteiger partial charge in [-0.3, -0.25) is 19.1 Å². The van der Waals surface area contributed by atoms with Gasteiger partial charge in [-0.1, -0.05) is 13.0 Å². The van der Waals surface area contributed by atoms with Crippen LogP contribution in [0.15, 0.2) is 28.2 Å². The number of piperazine rings is 1. The Kier molecular flexibility index (Phi) is 5.03. The fraction of sp³-hybridized carbons (Fsp3) is 0.500. The molecule has 1 aliphatic heterocycles. The fourth-order valence-electron chi connectivity index (χ4n) is 3.31. The first kappa shape index (κ1) is 17.4. The molecular weight excluding hydrogens is 320 g/mol. The van der Waals surface area contributed by atoms with Crippen LogP contribution in [0, 0.1) is 6.92 Å². The molecule has 0 aromatic carbocycles. The lowest BCUT2D eigenvalue weighted by Crippen LogP contribution is -2.49. The molecule has 1 saturated heterocycles. The van der Waals surface area contributed by atoms with E-state index in [1.165, 1.54) is 10.9 Å². The van der Waals surface area contributed by atoms with Crippen LogP contribution in [0.25, 0.3) is 11.1 Å². The summed E-state index contributed by atoms with van der Waals surface area (Å²) in [6.07, 6.45) is 4.15. The molecule has 0 spiro atoms. The van der Waals surface area contributed by atoms with Crippen molar-refractivity contribution < 1.29 is 9.21 Å². The second-order valence-corrected chi connectivity index (χ2v) is 6.34. The predicted octanol–water partition coefficient (Wildman–Crippen LogP) is 1.65. The first-order chi connectivity index (χ1) is 12.1. The second kappa shape index (κ2) is 7.23. The van der Waals surface area contributed by atoms with Gasteiger partial charge in [0.15, 0.2) is 0 Å². The van der Waals surface area contributed by atoms with Gasteiger partial charge < -0.3 is 9.32 Å². The fourth-order valence-corrected chi connectivity index (χ4v) is 3.31. The molecule has 7 heteroatoms. The summed E-state index contributed by atoms with van der Waals surface area (Å²) in [4.78, 5) is 34.1. The topological polar surface area (TPSA) is 71.6 Å². The molecule has 2 aromatic heterocycles. The molecular formula is C18H24N4O3. The molecule has 1 aliphatic rings. The van der Waals surface area contributed by atoms with Crippen LogP contribution in [-0.2, 0) is 6.54 Å². The number of hydrogen-bond acceptors (Lipinski definition) is 5. The average molecular weight is 344 g/mol. The number of rotatable bonds is 5. The van der Waals surface area contributed by atoms with Crippen molar-refractivity contribution in [3.63, 3.8) is 0 Å². The number of aromatic nitrogens is 2. The Morgan fingerprint density at radius 2 is 2.08 bits per heavy atom. The van der Waals surface area contributed by atoms with E-state index in [9.17, 15) is 9.59 Å². The van der Waals surface area contributed by atoms with Gasteiger partial charge in [-0.05, 0) is 19.9 Å². The van der Waals surface area contributed by atoms with Crippen LogP contribution in [0.1, 0.15) is 29.5 Å². The Bertz CT molecular complexity index is 844. The Morgan fingerprint density at radius 3 is 2.72 bits per heavy atom. The summed E-state index contributed by atoms with van der Waals surface area (Å²) in [5, 5.41) is 0.267. The molecule has 2 aromatic rings. The lowest BCUT2D eigenvalue weighted by Gasteiger charge is -2.34. The minimum atomic E-state index is -0.269. The maximum Gasteiger partial charge on any atom is 0.265 e. The predicted molar refractivity (Wildman–Crippen MR) is 95.8 cm³/mol. The minimum Gasteiger partial charge on any atom is -0.442 e. The third-order valence-corrected chi connectivity index (χ3v) is 4.59.